The minimum absolute atomic E-state index is 0.0461. The van der Waals surface area contributed by atoms with Gasteiger partial charge in [0.05, 0.1) is 22.4 Å². The molecule has 3 N–H and O–H groups in total. The highest BCUT2D eigenvalue weighted by atomic mass is 35.5. The summed E-state index contributed by atoms with van der Waals surface area (Å²) in [4.78, 5) is 10.3. The average molecular weight is 286 g/mol. The fourth-order valence-electron chi connectivity index (χ4n) is 1.33. The van der Waals surface area contributed by atoms with Crippen LogP contribution < -0.4 is 10.5 Å². The summed E-state index contributed by atoms with van der Waals surface area (Å²) in [5.74, 6) is 0.0956. The van der Waals surface area contributed by atoms with Crippen molar-refractivity contribution in [1.29, 1.82) is 5.41 Å². The summed E-state index contributed by atoms with van der Waals surface area (Å²) in [6, 6.07) is 4.35. The van der Waals surface area contributed by atoms with Gasteiger partial charge in [0.2, 0.25) is 5.75 Å². The van der Waals surface area contributed by atoms with Crippen LogP contribution in [0, 0.1) is 20.9 Å². The molecular weight excluding hydrogens is 270 g/mol. The van der Waals surface area contributed by atoms with E-state index >= 15 is 0 Å². The fraction of sp³-hybridized carbons (Fsp3) is 0.417. The Labute approximate surface area is 116 Å². The molecule has 0 spiro atoms. The largest absolute Gasteiger partial charge is 0.486 e. The first-order valence-electron chi connectivity index (χ1n) is 5.66. The number of hydrogen-bond acceptors (Lipinski definition) is 4. The molecule has 19 heavy (non-hydrogen) atoms. The molecular formula is C12H16ClN3O3. The summed E-state index contributed by atoms with van der Waals surface area (Å²) in [5.41, 5.74) is 4.76. The second kappa shape index (κ2) is 5.88. The Morgan fingerprint density at radius 1 is 1.58 bits per heavy atom. The summed E-state index contributed by atoms with van der Waals surface area (Å²) < 4.78 is 5.39. The molecule has 1 rings (SSSR count). The summed E-state index contributed by atoms with van der Waals surface area (Å²) >= 11 is 5.89. The summed E-state index contributed by atoms with van der Waals surface area (Å²) in [6.45, 7) is 3.80. The molecule has 0 bridgehead atoms. The van der Waals surface area contributed by atoms with Crippen LogP contribution in [0.1, 0.15) is 20.3 Å². The second-order valence-corrected chi connectivity index (χ2v) is 5.15. The van der Waals surface area contributed by atoms with Crippen molar-refractivity contribution >= 4 is 23.1 Å². The highest BCUT2D eigenvalue weighted by Gasteiger charge is 2.23. The third-order valence-electron chi connectivity index (χ3n) is 2.85. The Kier molecular flexibility index (Phi) is 4.72. The number of rotatable bonds is 6. The van der Waals surface area contributed by atoms with Crippen molar-refractivity contribution < 1.29 is 9.66 Å². The Bertz CT molecular complexity index is 503. The van der Waals surface area contributed by atoms with Gasteiger partial charge in [0.1, 0.15) is 0 Å². The van der Waals surface area contributed by atoms with E-state index in [0.29, 0.717) is 6.42 Å². The van der Waals surface area contributed by atoms with Crippen molar-refractivity contribution in [2.45, 2.75) is 20.3 Å². The van der Waals surface area contributed by atoms with Crippen LogP contribution in [0.5, 0.6) is 5.75 Å². The van der Waals surface area contributed by atoms with Gasteiger partial charge in [0.25, 0.3) is 0 Å². The normalized spacial score (nSPS) is 11.1. The Morgan fingerprint density at radius 3 is 2.74 bits per heavy atom. The first-order valence-corrected chi connectivity index (χ1v) is 6.03. The van der Waals surface area contributed by atoms with Crippen LogP contribution in [-0.2, 0) is 0 Å². The predicted octanol–water partition coefficient (Wildman–Crippen LogP) is 2.98. The molecule has 0 amide bonds. The first-order chi connectivity index (χ1) is 8.75. The van der Waals surface area contributed by atoms with Gasteiger partial charge in [0.15, 0.2) is 0 Å². The molecule has 0 heterocycles. The molecule has 1 aromatic carbocycles. The lowest BCUT2D eigenvalue weighted by atomic mass is 9.88. The Morgan fingerprint density at radius 2 is 2.21 bits per heavy atom. The first kappa shape index (κ1) is 15.2. The molecule has 7 heteroatoms. The molecule has 0 radical (unpaired) electrons. The maximum Gasteiger partial charge on any atom is 0.312 e. The number of halogens is 1. The number of amidine groups is 1. The molecule has 0 aromatic heterocycles. The van der Waals surface area contributed by atoms with E-state index < -0.39 is 10.3 Å². The smallest absolute Gasteiger partial charge is 0.312 e. The van der Waals surface area contributed by atoms with Crippen molar-refractivity contribution in [3.8, 4) is 5.75 Å². The summed E-state index contributed by atoms with van der Waals surface area (Å²) in [7, 11) is 0. The number of nitrogens with one attached hydrogen (secondary N) is 1. The Balaban J connectivity index is 2.79. The minimum atomic E-state index is -0.544. The number of nitro groups is 1. The minimum Gasteiger partial charge on any atom is -0.486 e. The van der Waals surface area contributed by atoms with E-state index in [1.165, 1.54) is 18.2 Å². The number of benzene rings is 1. The maximum atomic E-state index is 10.9. The van der Waals surface area contributed by atoms with Gasteiger partial charge in [-0.3, -0.25) is 15.5 Å². The molecule has 104 valence electrons. The van der Waals surface area contributed by atoms with Crippen LogP contribution in [0.3, 0.4) is 0 Å². The molecule has 0 fully saturated rings. The number of ether oxygens (including phenoxy) is 1. The van der Waals surface area contributed by atoms with Crippen LogP contribution in [0.2, 0.25) is 5.02 Å². The van der Waals surface area contributed by atoms with Crippen LogP contribution >= 0.6 is 11.6 Å². The third-order valence-corrected chi connectivity index (χ3v) is 3.14. The van der Waals surface area contributed by atoms with E-state index in [-0.39, 0.29) is 28.9 Å². The van der Waals surface area contributed by atoms with Gasteiger partial charge in [-0.1, -0.05) is 31.5 Å². The maximum absolute atomic E-state index is 10.9. The zero-order chi connectivity index (χ0) is 14.6. The van der Waals surface area contributed by atoms with E-state index in [1.54, 1.807) is 13.8 Å². The fourth-order valence-corrected chi connectivity index (χ4v) is 1.55. The van der Waals surface area contributed by atoms with Crippen molar-refractivity contribution in [3.05, 3.63) is 33.3 Å². The standard InChI is InChI=1S/C12H16ClN3O3/c1-12(2,11(14)15)6-7-19-10-8(13)4-3-5-9(10)16(17)18/h3-5H,6-7H2,1-2H3,(H3,14,15). The van der Waals surface area contributed by atoms with Gasteiger partial charge in [-0.2, -0.15) is 0 Å². The Hall–Kier alpha value is -1.82. The van der Waals surface area contributed by atoms with Crippen LogP contribution in [0.15, 0.2) is 18.2 Å². The van der Waals surface area contributed by atoms with Gasteiger partial charge in [0, 0.05) is 11.5 Å². The lowest BCUT2D eigenvalue weighted by Crippen LogP contribution is -2.32. The lowest BCUT2D eigenvalue weighted by Gasteiger charge is -2.22. The topological polar surface area (TPSA) is 102 Å². The molecule has 0 unspecified atom stereocenters. The highest BCUT2D eigenvalue weighted by molar-refractivity contribution is 6.32. The molecule has 6 nitrogen and oxygen atoms in total. The van der Waals surface area contributed by atoms with Crippen molar-refractivity contribution in [1.82, 2.24) is 0 Å². The van der Waals surface area contributed by atoms with Gasteiger partial charge in [-0.05, 0) is 12.5 Å². The van der Waals surface area contributed by atoms with E-state index in [0.717, 1.165) is 0 Å². The van der Waals surface area contributed by atoms with E-state index in [9.17, 15) is 10.1 Å². The van der Waals surface area contributed by atoms with E-state index in [2.05, 4.69) is 0 Å². The molecule has 0 saturated carbocycles. The zero-order valence-electron chi connectivity index (χ0n) is 10.8. The zero-order valence-corrected chi connectivity index (χ0v) is 11.5. The summed E-state index contributed by atoms with van der Waals surface area (Å²) in [5, 5.41) is 18.5. The number of nitrogens with two attached hydrogens (primary N) is 1. The molecule has 0 aliphatic rings. The lowest BCUT2D eigenvalue weighted by molar-refractivity contribution is -0.385. The van der Waals surface area contributed by atoms with E-state index in [1.807, 2.05) is 0 Å². The predicted molar refractivity (Wildman–Crippen MR) is 73.9 cm³/mol. The quantitative estimate of drug-likeness (QED) is 0.363. The van der Waals surface area contributed by atoms with E-state index in [4.69, 9.17) is 27.5 Å². The van der Waals surface area contributed by atoms with Crippen molar-refractivity contribution in [2.24, 2.45) is 11.1 Å². The molecule has 0 atom stereocenters. The highest BCUT2D eigenvalue weighted by Crippen LogP contribution is 2.35. The van der Waals surface area contributed by atoms with Gasteiger partial charge in [-0.15, -0.1) is 0 Å². The van der Waals surface area contributed by atoms with Crippen molar-refractivity contribution in [2.75, 3.05) is 6.61 Å². The molecule has 0 aliphatic carbocycles. The van der Waals surface area contributed by atoms with Crippen LogP contribution in [-0.4, -0.2) is 17.4 Å². The monoisotopic (exact) mass is 285 g/mol. The van der Waals surface area contributed by atoms with Gasteiger partial charge >= 0.3 is 5.69 Å². The number of nitro benzene ring substituents is 1. The third kappa shape index (κ3) is 3.82. The van der Waals surface area contributed by atoms with Crippen LogP contribution in [0.4, 0.5) is 5.69 Å². The number of hydrogen-bond donors (Lipinski definition) is 2. The van der Waals surface area contributed by atoms with Crippen molar-refractivity contribution in [3.63, 3.8) is 0 Å². The molecule has 1 aromatic rings. The van der Waals surface area contributed by atoms with Gasteiger partial charge in [-0.25, -0.2) is 0 Å². The average Bonchev–Trinajstić information content (AvgIpc) is 2.30. The second-order valence-electron chi connectivity index (χ2n) is 4.74. The molecule has 0 saturated heterocycles. The van der Waals surface area contributed by atoms with Crippen LogP contribution in [0.25, 0.3) is 0 Å². The number of para-hydroxylation sites is 1. The number of nitrogens with zero attached hydrogens (tertiary/aromatic N) is 1. The summed E-state index contributed by atoms with van der Waals surface area (Å²) in [6.07, 6.45) is 0.463. The molecule has 0 aliphatic heterocycles. The SMILES string of the molecule is CC(C)(CCOc1c(Cl)cccc1[N+](=O)[O-])C(=N)N. The van der Waals surface area contributed by atoms with Gasteiger partial charge < -0.3 is 10.5 Å².